The molecular weight excluding hydrogens is 262 g/mol. The molecule has 1 aromatic heterocycles. The van der Waals surface area contributed by atoms with Crippen molar-refractivity contribution in [2.24, 2.45) is 0 Å². The third kappa shape index (κ3) is 2.71. The fourth-order valence-corrected chi connectivity index (χ4v) is 3.31. The summed E-state index contributed by atoms with van der Waals surface area (Å²) in [6.45, 7) is 4.51. The summed E-state index contributed by atoms with van der Waals surface area (Å²) in [6.07, 6.45) is 6.51. The van der Waals surface area contributed by atoms with Crippen LogP contribution in [0.25, 0.3) is 0 Å². The zero-order valence-corrected chi connectivity index (χ0v) is 13.0. The standard InChI is InChI=1S/C16H25N5/c1-10-14(17-2)19-16(11-3-4-11)20-15(10)18-12-7-8-21(9-12)13-5-6-13/h11-13H,3-9H2,1-2H3,(H2,17,18,19,20). The minimum Gasteiger partial charge on any atom is -0.373 e. The first kappa shape index (κ1) is 13.3. The van der Waals surface area contributed by atoms with E-state index in [2.05, 4.69) is 27.4 Å². The Morgan fingerprint density at radius 1 is 1.05 bits per heavy atom. The van der Waals surface area contributed by atoms with Crippen LogP contribution in [-0.4, -0.2) is 47.1 Å². The van der Waals surface area contributed by atoms with E-state index in [4.69, 9.17) is 4.98 Å². The number of hydrogen-bond acceptors (Lipinski definition) is 5. The van der Waals surface area contributed by atoms with E-state index >= 15 is 0 Å². The molecule has 2 aliphatic carbocycles. The molecule has 1 unspecified atom stereocenters. The van der Waals surface area contributed by atoms with Gasteiger partial charge in [0, 0.05) is 43.7 Å². The smallest absolute Gasteiger partial charge is 0.136 e. The summed E-state index contributed by atoms with van der Waals surface area (Å²) >= 11 is 0. The molecule has 5 nitrogen and oxygen atoms in total. The molecule has 3 fully saturated rings. The van der Waals surface area contributed by atoms with Gasteiger partial charge in [-0.25, -0.2) is 9.97 Å². The SMILES string of the molecule is CNc1nc(C2CC2)nc(NC2CCN(C3CC3)C2)c1C. The first-order valence-corrected chi connectivity index (χ1v) is 8.31. The van der Waals surface area contributed by atoms with Gasteiger partial charge in [0.15, 0.2) is 0 Å². The van der Waals surface area contributed by atoms with Crippen molar-refractivity contribution in [3.05, 3.63) is 11.4 Å². The van der Waals surface area contributed by atoms with Crippen LogP contribution in [0.2, 0.25) is 0 Å². The predicted octanol–water partition coefficient (Wildman–Crippen LogP) is 2.35. The van der Waals surface area contributed by atoms with Crippen molar-refractivity contribution < 1.29 is 0 Å². The fourth-order valence-electron chi connectivity index (χ4n) is 3.31. The first-order valence-electron chi connectivity index (χ1n) is 8.31. The summed E-state index contributed by atoms with van der Waals surface area (Å²) in [5.41, 5.74) is 1.15. The molecule has 4 rings (SSSR count). The van der Waals surface area contributed by atoms with Crippen LogP contribution in [0.15, 0.2) is 0 Å². The zero-order chi connectivity index (χ0) is 14.4. The minimum absolute atomic E-state index is 0.538. The average molecular weight is 287 g/mol. The molecule has 0 bridgehead atoms. The molecule has 1 atom stereocenters. The number of nitrogens with zero attached hydrogens (tertiary/aromatic N) is 3. The largest absolute Gasteiger partial charge is 0.373 e. The zero-order valence-electron chi connectivity index (χ0n) is 13.0. The normalized spacial score (nSPS) is 26.1. The van der Waals surface area contributed by atoms with E-state index < -0.39 is 0 Å². The van der Waals surface area contributed by atoms with Gasteiger partial charge in [0.2, 0.25) is 0 Å². The number of nitrogens with one attached hydrogen (secondary N) is 2. The molecule has 21 heavy (non-hydrogen) atoms. The molecule has 3 aliphatic rings. The summed E-state index contributed by atoms with van der Waals surface area (Å²) in [7, 11) is 1.94. The second-order valence-corrected chi connectivity index (χ2v) is 6.78. The van der Waals surface area contributed by atoms with Gasteiger partial charge in [-0.1, -0.05) is 0 Å². The Morgan fingerprint density at radius 3 is 2.48 bits per heavy atom. The summed E-state index contributed by atoms with van der Waals surface area (Å²) < 4.78 is 0. The Labute approximate surface area is 126 Å². The third-order valence-corrected chi connectivity index (χ3v) is 4.97. The summed E-state index contributed by atoms with van der Waals surface area (Å²) in [4.78, 5) is 12.1. The van der Waals surface area contributed by atoms with Crippen LogP contribution in [0.4, 0.5) is 11.6 Å². The van der Waals surface area contributed by atoms with E-state index in [-0.39, 0.29) is 0 Å². The van der Waals surface area contributed by atoms with Crippen molar-refractivity contribution >= 4 is 11.6 Å². The van der Waals surface area contributed by atoms with Crippen LogP contribution < -0.4 is 10.6 Å². The maximum Gasteiger partial charge on any atom is 0.136 e. The number of aromatic nitrogens is 2. The number of rotatable bonds is 5. The lowest BCUT2D eigenvalue weighted by molar-refractivity contribution is 0.326. The van der Waals surface area contributed by atoms with Crippen molar-refractivity contribution in [2.75, 3.05) is 30.8 Å². The van der Waals surface area contributed by atoms with E-state index in [0.29, 0.717) is 12.0 Å². The number of likely N-dealkylation sites (tertiary alicyclic amines) is 1. The maximum atomic E-state index is 4.81. The molecule has 0 radical (unpaired) electrons. The monoisotopic (exact) mass is 287 g/mol. The van der Waals surface area contributed by atoms with Gasteiger partial charge in [0.05, 0.1) is 0 Å². The molecule has 114 valence electrons. The summed E-state index contributed by atoms with van der Waals surface area (Å²) in [6, 6.07) is 1.41. The van der Waals surface area contributed by atoms with Crippen LogP contribution in [0.3, 0.4) is 0 Å². The highest BCUT2D eigenvalue weighted by atomic mass is 15.2. The summed E-state index contributed by atoms with van der Waals surface area (Å²) in [5, 5.41) is 6.91. The highest BCUT2D eigenvalue weighted by molar-refractivity contribution is 5.57. The highest BCUT2D eigenvalue weighted by Crippen LogP contribution is 2.39. The predicted molar refractivity (Wildman–Crippen MR) is 84.9 cm³/mol. The van der Waals surface area contributed by atoms with Crippen LogP contribution in [-0.2, 0) is 0 Å². The van der Waals surface area contributed by atoms with E-state index in [1.54, 1.807) is 0 Å². The van der Waals surface area contributed by atoms with E-state index in [1.165, 1.54) is 45.2 Å². The van der Waals surface area contributed by atoms with Gasteiger partial charge in [-0.2, -0.15) is 0 Å². The van der Waals surface area contributed by atoms with Gasteiger partial charge < -0.3 is 10.6 Å². The highest BCUT2D eigenvalue weighted by Gasteiger charge is 2.35. The second kappa shape index (κ2) is 5.13. The van der Waals surface area contributed by atoms with Gasteiger partial charge in [0.25, 0.3) is 0 Å². The molecular formula is C16H25N5. The number of anilines is 2. The Balaban J connectivity index is 1.51. The lowest BCUT2D eigenvalue weighted by Gasteiger charge is -2.19. The molecule has 2 N–H and O–H groups in total. The van der Waals surface area contributed by atoms with Crippen molar-refractivity contribution in [3.63, 3.8) is 0 Å². The number of hydrogen-bond donors (Lipinski definition) is 2. The van der Waals surface area contributed by atoms with Crippen molar-refractivity contribution in [2.45, 2.75) is 57.0 Å². The van der Waals surface area contributed by atoms with Crippen molar-refractivity contribution in [1.82, 2.24) is 14.9 Å². The van der Waals surface area contributed by atoms with Gasteiger partial charge in [-0.05, 0) is 39.0 Å². The van der Waals surface area contributed by atoms with Crippen LogP contribution in [0.5, 0.6) is 0 Å². The average Bonchev–Trinajstić information content (AvgIpc) is 3.40. The van der Waals surface area contributed by atoms with Gasteiger partial charge >= 0.3 is 0 Å². The van der Waals surface area contributed by atoms with Crippen LogP contribution in [0, 0.1) is 6.92 Å². The van der Waals surface area contributed by atoms with Crippen molar-refractivity contribution in [3.8, 4) is 0 Å². The Hall–Kier alpha value is -1.36. The quantitative estimate of drug-likeness (QED) is 0.870. The van der Waals surface area contributed by atoms with E-state index in [0.717, 1.165) is 29.1 Å². The Morgan fingerprint density at radius 2 is 1.81 bits per heavy atom. The lowest BCUT2D eigenvalue weighted by atomic mass is 10.2. The van der Waals surface area contributed by atoms with Gasteiger partial charge in [0.1, 0.15) is 17.5 Å². The molecule has 1 aromatic rings. The van der Waals surface area contributed by atoms with Gasteiger partial charge in [-0.15, -0.1) is 0 Å². The minimum atomic E-state index is 0.538. The molecule has 0 spiro atoms. The third-order valence-electron chi connectivity index (χ3n) is 4.97. The maximum absolute atomic E-state index is 4.81. The molecule has 1 aliphatic heterocycles. The second-order valence-electron chi connectivity index (χ2n) is 6.78. The topological polar surface area (TPSA) is 53.1 Å². The molecule has 2 heterocycles. The Kier molecular flexibility index (Phi) is 3.25. The van der Waals surface area contributed by atoms with Gasteiger partial charge in [-0.3, -0.25) is 4.90 Å². The molecule has 5 heteroatoms. The van der Waals surface area contributed by atoms with Crippen molar-refractivity contribution in [1.29, 1.82) is 0 Å². The molecule has 1 saturated heterocycles. The Bertz CT molecular complexity index is 536. The molecule has 0 amide bonds. The first-order chi connectivity index (χ1) is 10.2. The van der Waals surface area contributed by atoms with Crippen LogP contribution >= 0.6 is 0 Å². The summed E-state index contributed by atoms with van der Waals surface area (Å²) in [5.74, 6) is 3.62. The molecule has 2 saturated carbocycles. The lowest BCUT2D eigenvalue weighted by Crippen LogP contribution is -2.28. The molecule has 0 aromatic carbocycles. The van der Waals surface area contributed by atoms with Crippen LogP contribution in [0.1, 0.15) is 49.4 Å². The van der Waals surface area contributed by atoms with E-state index in [9.17, 15) is 0 Å². The van der Waals surface area contributed by atoms with E-state index in [1.807, 2.05) is 7.05 Å². The fraction of sp³-hybridized carbons (Fsp3) is 0.750.